The lowest BCUT2D eigenvalue weighted by atomic mass is 10.9. The second kappa shape index (κ2) is 4.41. The van der Waals surface area contributed by atoms with Gasteiger partial charge in [0.15, 0.2) is 0 Å². The van der Waals surface area contributed by atoms with Crippen LogP contribution in [0.4, 0.5) is 0 Å². The van der Waals surface area contributed by atoms with E-state index in [1.54, 1.807) is 0 Å². The van der Waals surface area contributed by atoms with Gasteiger partial charge in [-0.05, 0) is 11.6 Å². The van der Waals surface area contributed by atoms with Crippen molar-refractivity contribution in [2.45, 2.75) is 0 Å². The van der Waals surface area contributed by atoms with Gasteiger partial charge in [0.05, 0.1) is 0 Å². The molecule has 0 rings (SSSR count). The molecule has 1 N–H and O–H groups in total. The molecule has 0 aliphatic carbocycles. The second-order valence-corrected chi connectivity index (χ2v) is 1.95. The van der Waals surface area contributed by atoms with Crippen LogP contribution < -0.4 is 5.32 Å². The van der Waals surface area contributed by atoms with Crippen molar-refractivity contribution in [3.63, 3.8) is 0 Å². The Bertz CT molecular complexity index is 151. The van der Waals surface area contributed by atoms with Gasteiger partial charge in [0, 0.05) is 6.20 Å². The maximum absolute atomic E-state index is 5.40. The first kappa shape index (κ1) is 8.53. The van der Waals surface area contributed by atoms with Gasteiger partial charge < -0.3 is 5.32 Å². The van der Waals surface area contributed by atoms with Gasteiger partial charge in [-0.25, -0.2) is 4.99 Å². The van der Waals surface area contributed by atoms with Crippen LogP contribution >= 0.6 is 23.2 Å². The topological polar surface area (TPSA) is 24.4 Å². The van der Waals surface area contributed by atoms with Crippen molar-refractivity contribution in [2.75, 3.05) is 0 Å². The number of nitrogens with zero attached hydrogens (tertiary/aromatic N) is 1. The first-order valence-electron chi connectivity index (χ1n) is 2.12. The summed E-state index contributed by atoms with van der Waals surface area (Å²) in [4.78, 5) is 3.55. The summed E-state index contributed by atoms with van der Waals surface area (Å²) in [5.41, 5.74) is 0. The highest BCUT2D eigenvalue weighted by Crippen LogP contribution is 1.92. The molecular weight excluding hydrogens is 159 g/mol. The fraction of sp³-hybridized carbons (Fsp3) is 0. The molecule has 0 aromatic carbocycles. The fourth-order valence-corrected chi connectivity index (χ4v) is 0.545. The number of hydrogen-bond donors (Lipinski definition) is 1. The minimum Gasteiger partial charge on any atom is -0.321 e. The third-order valence-electron chi connectivity index (χ3n) is 0.443. The lowest BCUT2D eigenvalue weighted by Gasteiger charge is -1.95. The number of rotatable bonds is 2. The van der Waals surface area contributed by atoms with Gasteiger partial charge in [0.1, 0.15) is 5.16 Å². The van der Waals surface area contributed by atoms with Gasteiger partial charge in [-0.3, -0.25) is 0 Å². The number of amidine groups is 1. The van der Waals surface area contributed by atoms with E-state index in [-0.39, 0.29) is 10.5 Å². The molecule has 0 spiro atoms. The summed E-state index contributed by atoms with van der Waals surface area (Å²) in [6.07, 6.45) is 1.30. The number of nitrogens with one attached hydrogen (secondary N) is 1. The summed E-state index contributed by atoms with van der Waals surface area (Å²) >= 11 is 10.7. The average Bonchev–Trinajstić information content (AvgIpc) is 1.63. The number of halogens is 2. The molecular formula is C5H6Cl2N2. The van der Waals surface area contributed by atoms with E-state index in [0.29, 0.717) is 0 Å². The Morgan fingerprint density at radius 2 is 2.11 bits per heavy atom. The average molecular weight is 165 g/mol. The zero-order chi connectivity index (χ0) is 7.28. The first-order chi connectivity index (χ1) is 4.16. The summed E-state index contributed by atoms with van der Waals surface area (Å²) in [6, 6.07) is 0. The molecule has 0 bridgehead atoms. The molecule has 0 fully saturated rings. The smallest absolute Gasteiger partial charge is 0.200 e. The highest BCUT2D eigenvalue weighted by atomic mass is 35.5. The largest absolute Gasteiger partial charge is 0.321 e. The Hall–Kier alpha value is -0.470. The van der Waals surface area contributed by atoms with Gasteiger partial charge in [-0.2, -0.15) is 0 Å². The second-order valence-electron chi connectivity index (χ2n) is 1.13. The minimum atomic E-state index is 0.157. The predicted molar refractivity (Wildman–Crippen MR) is 41.6 cm³/mol. The third kappa shape index (κ3) is 5.40. The summed E-state index contributed by atoms with van der Waals surface area (Å²) in [5.74, 6) is 0. The highest BCUT2D eigenvalue weighted by molar-refractivity contribution is 6.65. The van der Waals surface area contributed by atoms with Crippen LogP contribution in [-0.2, 0) is 0 Å². The standard InChI is InChI=1S/C5H6Cl2N2/c1-3-8-5(7)9-4(2)6/h3H,1-2H2,(H,8,9). The van der Waals surface area contributed by atoms with E-state index in [1.807, 2.05) is 0 Å². The van der Waals surface area contributed by atoms with Gasteiger partial charge in [0.2, 0.25) is 5.29 Å². The van der Waals surface area contributed by atoms with Crippen molar-refractivity contribution in [3.05, 3.63) is 24.5 Å². The van der Waals surface area contributed by atoms with Crippen LogP contribution in [0.15, 0.2) is 29.5 Å². The third-order valence-corrected chi connectivity index (χ3v) is 0.730. The zero-order valence-electron chi connectivity index (χ0n) is 4.69. The molecule has 9 heavy (non-hydrogen) atoms. The monoisotopic (exact) mass is 164 g/mol. The zero-order valence-corrected chi connectivity index (χ0v) is 6.21. The molecule has 0 radical (unpaired) electrons. The molecule has 0 unspecified atom stereocenters. The van der Waals surface area contributed by atoms with Crippen molar-refractivity contribution in [1.29, 1.82) is 0 Å². The van der Waals surface area contributed by atoms with Crippen LogP contribution in [0.25, 0.3) is 0 Å². The molecule has 0 saturated heterocycles. The maximum atomic E-state index is 5.40. The number of hydrogen-bond acceptors (Lipinski definition) is 1. The molecule has 0 aliphatic rings. The summed E-state index contributed by atoms with van der Waals surface area (Å²) in [5, 5.41) is 2.84. The van der Waals surface area contributed by atoms with Crippen LogP contribution in [-0.4, -0.2) is 5.29 Å². The Morgan fingerprint density at radius 3 is 2.44 bits per heavy atom. The molecule has 0 amide bonds. The normalized spacial score (nSPS) is 10.7. The van der Waals surface area contributed by atoms with Crippen LogP contribution in [0.1, 0.15) is 0 Å². The lowest BCUT2D eigenvalue weighted by Crippen LogP contribution is -2.12. The van der Waals surface area contributed by atoms with Crippen molar-refractivity contribution >= 4 is 28.5 Å². The molecule has 0 saturated carbocycles. The molecule has 0 heterocycles. The molecule has 0 atom stereocenters. The van der Waals surface area contributed by atoms with Crippen LogP contribution in [0.2, 0.25) is 0 Å². The molecule has 2 nitrogen and oxygen atoms in total. The Balaban J connectivity index is 3.75. The van der Waals surface area contributed by atoms with Crippen LogP contribution in [0.5, 0.6) is 0 Å². The van der Waals surface area contributed by atoms with Crippen LogP contribution in [0.3, 0.4) is 0 Å². The summed E-state index contributed by atoms with van der Waals surface area (Å²) in [6.45, 7) is 6.66. The van der Waals surface area contributed by atoms with E-state index in [2.05, 4.69) is 23.5 Å². The van der Waals surface area contributed by atoms with Gasteiger partial charge in [-0.1, -0.05) is 24.8 Å². The number of aliphatic imine (C=N–C) groups is 1. The molecule has 0 aromatic heterocycles. The lowest BCUT2D eigenvalue weighted by molar-refractivity contribution is 1.26. The Morgan fingerprint density at radius 1 is 1.56 bits per heavy atom. The molecule has 50 valence electrons. The summed E-state index contributed by atoms with van der Waals surface area (Å²) in [7, 11) is 0. The van der Waals surface area contributed by atoms with E-state index < -0.39 is 0 Å². The Labute approximate surface area is 63.9 Å². The SMILES string of the molecule is C=CN=C(Cl)NC(=C)Cl. The van der Waals surface area contributed by atoms with Crippen molar-refractivity contribution < 1.29 is 0 Å². The van der Waals surface area contributed by atoms with Gasteiger partial charge in [-0.15, -0.1) is 0 Å². The van der Waals surface area contributed by atoms with E-state index in [9.17, 15) is 0 Å². The van der Waals surface area contributed by atoms with E-state index in [1.165, 1.54) is 6.20 Å². The minimum absolute atomic E-state index is 0.157. The fourth-order valence-electron chi connectivity index (χ4n) is 0.224. The Kier molecular flexibility index (Phi) is 4.18. The van der Waals surface area contributed by atoms with E-state index in [0.717, 1.165) is 0 Å². The van der Waals surface area contributed by atoms with Crippen molar-refractivity contribution in [1.82, 2.24) is 5.32 Å². The van der Waals surface area contributed by atoms with Gasteiger partial charge >= 0.3 is 0 Å². The molecule has 0 aromatic rings. The van der Waals surface area contributed by atoms with Crippen molar-refractivity contribution in [3.8, 4) is 0 Å². The summed E-state index contributed by atoms with van der Waals surface area (Å²) < 4.78 is 0. The highest BCUT2D eigenvalue weighted by Gasteiger charge is 1.89. The molecule has 4 heteroatoms. The molecule has 0 aliphatic heterocycles. The van der Waals surface area contributed by atoms with Gasteiger partial charge in [0.25, 0.3) is 0 Å². The van der Waals surface area contributed by atoms with Crippen molar-refractivity contribution in [2.24, 2.45) is 4.99 Å². The predicted octanol–water partition coefficient (Wildman–Crippen LogP) is 2.02. The first-order valence-corrected chi connectivity index (χ1v) is 2.88. The van der Waals surface area contributed by atoms with E-state index in [4.69, 9.17) is 23.2 Å². The van der Waals surface area contributed by atoms with E-state index >= 15 is 0 Å². The maximum Gasteiger partial charge on any atom is 0.200 e. The quantitative estimate of drug-likeness (QED) is 0.377. The van der Waals surface area contributed by atoms with Crippen LogP contribution in [0, 0.1) is 0 Å².